The van der Waals surface area contributed by atoms with E-state index >= 15 is 0 Å². The summed E-state index contributed by atoms with van der Waals surface area (Å²) in [6, 6.07) is 6.02. The Morgan fingerprint density at radius 1 is 1.35 bits per heavy atom. The van der Waals surface area contributed by atoms with Crippen molar-refractivity contribution in [3.63, 3.8) is 0 Å². The summed E-state index contributed by atoms with van der Waals surface area (Å²) in [6.07, 6.45) is -6.08. The van der Waals surface area contributed by atoms with E-state index < -0.39 is 18.4 Å². The highest BCUT2D eigenvalue weighted by Gasteiger charge is 2.33. The number of hydrogen-bond donors (Lipinski definition) is 0. The zero-order chi connectivity index (χ0) is 12.6. The molecule has 1 heterocycles. The second kappa shape index (κ2) is 4.07. The molecule has 0 unspecified atom stereocenters. The van der Waals surface area contributed by atoms with E-state index in [1.807, 2.05) is 0 Å². The topological polar surface area (TPSA) is 30.2 Å². The summed E-state index contributed by atoms with van der Waals surface area (Å²) in [6.45, 7) is 0. The highest BCUT2D eigenvalue weighted by atomic mass is 35.5. The molecule has 0 aliphatic rings. The van der Waals surface area contributed by atoms with Gasteiger partial charge >= 0.3 is 6.18 Å². The number of alkyl halides is 3. The van der Waals surface area contributed by atoms with E-state index in [9.17, 15) is 18.0 Å². The van der Waals surface area contributed by atoms with Crippen molar-refractivity contribution in [3.05, 3.63) is 35.0 Å². The normalized spacial score (nSPS) is 12.0. The van der Waals surface area contributed by atoms with Gasteiger partial charge in [-0.1, -0.05) is 23.7 Å². The molecule has 0 fully saturated rings. The van der Waals surface area contributed by atoms with Crippen molar-refractivity contribution in [1.29, 1.82) is 0 Å². The van der Waals surface area contributed by atoms with Gasteiger partial charge in [0.25, 0.3) is 0 Å². The van der Waals surface area contributed by atoms with Crippen LogP contribution in [0.3, 0.4) is 0 Å². The van der Waals surface area contributed by atoms with E-state index in [1.54, 1.807) is 12.1 Å². The van der Waals surface area contributed by atoms with E-state index in [0.717, 1.165) is 0 Å². The molecular weight excluding hydrogens is 257 g/mol. The van der Waals surface area contributed by atoms with Crippen LogP contribution in [-0.4, -0.2) is 12.0 Å². The number of carbonyl (C=O) groups is 1. The largest absolute Gasteiger partial charge is 0.451 e. The first-order valence-corrected chi connectivity index (χ1v) is 5.02. The van der Waals surface area contributed by atoms with Crippen LogP contribution in [0.15, 0.2) is 28.7 Å². The molecule has 2 nitrogen and oxygen atoms in total. The lowest BCUT2D eigenvalue weighted by Crippen LogP contribution is -2.14. The van der Waals surface area contributed by atoms with Gasteiger partial charge in [0.1, 0.15) is 6.42 Å². The number of benzene rings is 1. The molecule has 1 aromatic carbocycles. The number of para-hydroxylation sites is 1. The van der Waals surface area contributed by atoms with E-state index in [0.29, 0.717) is 5.39 Å². The molecule has 1 aromatic heterocycles. The van der Waals surface area contributed by atoms with Gasteiger partial charge in [-0.2, -0.15) is 13.2 Å². The summed E-state index contributed by atoms with van der Waals surface area (Å²) in [5.74, 6) is -1.44. The number of hydrogen-bond acceptors (Lipinski definition) is 2. The number of furan rings is 1. The lowest BCUT2D eigenvalue weighted by molar-refractivity contribution is -0.125. The molecule has 0 atom stereocenters. The number of rotatable bonds is 2. The molecule has 90 valence electrons. The molecule has 0 radical (unpaired) electrons. The fourth-order valence-electron chi connectivity index (χ4n) is 1.43. The molecule has 0 saturated heterocycles. The number of carbonyl (C=O) groups excluding carboxylic acids is 1. The Bertz CT molecular complexity index is 572. The van der Waals surface area contributed by atoms with Crippen molar-refractivity contribution >= 4 is 28.4 Å². The Hall–Kier alpha value is -1.49. The minimum absolute atomic E-state index is 0.222. The maximum absolute atomic E-state index is 12.0. The molecule has 0 N–H and O–H groups in total. The van der Waals surface area contributed by atoms with Crippen LogP contribution >= 0.6 is 11.6 Å². The Balaban J connectivity index is 2.37. The molecule has 0 saturated carbocycles. The zero-order valence-electron chi connectivity index (χ0n) is 8.34. The van der Waals surface area contributed by atoms with Crippen LogP contribution in [0.2, 0.25) is 5.02 Å². The smallest absolute Gasteiger partial charge is 0.396 e. The van der Waals surface area contributed by atoms with Crippen LogP contribution in [-0.2, 0) is 0 Å². The van der Waals surface area contributed by atoms with Crippen molar-refractivity contribution in [3.8, 4) is 0 Å². The highest BCUT2D eigenvalue weighted by molar-refractivity contribution is 6.34. The molecule has 0 aliphatic heterocycles. The first-order valence-electron chi connectivity index (χ1n) is 4.65. The monoisotopic (exact) mass is 262 g/mol. The van der Waals surface area contributed by atoms with Gasteiger partial charge in [0.05, 0.1) is 5.02 Å². The van der Waals surface area contributed by atoms with Gasteiger partial charge in [-0.3, -0.25) is 4.79 Å². The van der Waals surface area contributed by atoms with Crippen LogP contribution < -0.4 is 0 Å². The van der Waals surface area contributed by atoms with E-state index in [2.05, 4.69) is 0 Å². The molecule has 0 spiro atoms. The summed E-state index contributed by atoms with van der Waals surface area (Å²) in [7, 11) is 0. The number of halogens is 4. The summed E-state index contributed by atoms with van der Waals surface area (Å²) in [4.78, 5) is 11.3. The Labute approximate surface area is 99.0 Å². The lowest BCUT2D eigenvalue weighted by atomic mass is 10.2. The second-order valence-corrected chi connectivity index (χ2v) is 3.89. The van der Waals surface area contributed by atoms with Gasteiger partial charge < -0.3 is 4.42 Å². The minimum atomic E-state index is -4.54. The Morgan fingerprint density at radius 3 is 2.65 bits per heavy atom. The minimum Gasteiger partial charge on any atom is -0.451 e. The SMILES string of the molecule is O=C(CC(F)(F)F)c1cc2cccc(Cl)c2o1. The van der Waals surface area contributed by atoms with E-state index in [-0.39, 0.29) is 16.4 Å². The van der Waals surface area contributed by atoms with Gasteiger partial charge in [0, 0.05) is 5.39 Å². The first kappa shape index (κ1) is 12.0. The fourth-order valence-corrected chi connectivity index (χ4v) is 1.65. The molecule has 0 aliphatic carbocycles. The van der Waals surface area contributed by atoms with Gasteiger partial charge in [-0.15, -0.1) is 0 Å². The summed E-state index contributed by atoms with van der Waals surface area (Å²) < 4.78 is 41.1. The van der Waals surface area contributed by atoms with Crippen LogP contribution in [0.5, 0.6) is 0 Å². The quantitative estimate of drug-likeness (QED) is 0.759. The molecule has 0 amide bonds. The second-order valence-electron chi connectivity index (χ2n) is 3.48. The van der Waals surface area contributed by atoms with Crippen molar-refractivity contribution in [1.82, 2.24) is 0 Å². The van der Waals surface area contributed by atoms with Crippen LogP contribution in [0, 0.1) is 0 Å². The number of fused-ring (bicyclic) bond motifs is 1. The third kappa shape index (κ3) is 2.61. The van der Waals surface area contributed by atoms with Crippen LogP contribution in [0.4, 0.5) is 13.2 Å². The van der Waals surface area contributed by atoms with Gasteiger partial charge in [0.15, 0.2) is 11.3 Å². The third-order valence-corrected chi connectivity index (χ3v) is 2.43. The van der Waals surface area contributed by atoms with Crippen molar-refractivity contribution < 1.29 is 22.4 Å². The average Bonchev–Trinajstić information content (AvgIpc) is 2.60. The summed E-state index contributed by atoms with van der Waals surface area (Å²) in [5.41, 5.74) is 0.222. The predicted molar refractivity (Wildman–Crippen MR) is 56.2 cm³/mol. The number of Topliss-reactive ketones (excluding diaryl/α,β-unsaturated/α-hetero) is 1. The highest BCUT2D eigenvalue weighted by Crippen LogP contribution is 2.29. The summed E-state index contributed by atoms with van der Waals surface area (Å²) >= 11 is 5.78. The summed E-state index contributed by atoms with van der Waals surface area (Å²) in [5, 5.41) is 0.761. The van der Waals surface area contributed by atoms with Crippen LogP contribution in [0.25, 0.3) is 11.0 Å². The molecular formula is C11H6ClF3O2. The molecule has 2 aromatic rings. The zero-order valence-corrected chi connectivity index (χ0v) is 9.10. The van der Waals surface area contributed by atoms with E-state index in [4.69, 9.17) is 16.0 Å². The molecule has 6 heteroatoms. The number of ketones is 1. The van der Waals surface area contributed by atoms with Gasteiger partial charge in [-0.05, 0) is 12.1 Å². The fraction of sp³-hybridized carbons (Fsp3) is 0.182. The van der Waals surface area contributed by atoms with E-state index in [1.165, 1.54) is 12.1 Å². The molecule has 2 rings (SSSR count). The standard InChI is InChI=1S/C11H6ClF3O2/c12-7-3-1-2-6-4-9(17-10(6)7)8(16)5-11(13,14)15/h1-4H,5H2. The third-order valence-electron chi connectivity index (χ3n) is 2.13. The first-order chi connectivity index (χ1) is 7.87. The maximum Gasteiger partial charge on any atom is 0.396 e. The Kier molecular flexibility index (Phi) is 2.87. The van der Waals surface area contributed by atoms with Gasteiger partial charge in [-0.25, -0.2) is 0 Å². The van der Waals surface area contributed by atoms with Crippen molar-refractivity contribution in [2.24, 2.45) is 0 Å². The average molecular weight is 263 g/mol. The lowest BCUT2D eigenvalue weighted by Gasteiger charge is -2.02. The van der Waals surface area contributed by atoms with Gasteiger partial charge in [0.2, 0.25) is 5.78 Å². The van der Waals surface area contributed by atoms with Crippen molar-refractivity contribution in [2.75, 3.05) is 0 Å². The van der Waals surface area contributed by atoms with Crippen LogP contribution in [0.1, 0.15) is 17.0 Å². The maximum atomic E-state index is 12.0. The Morgan fingerprint density at radius 2 is 2.06 bits per heavy atom. The molecule has 17 heavy (non-hydrogen) atoms. The predicted octanol–water partition coefficient (Wildman–Crippen LogP) is 4.22. The van der Waals surface area contributed by atoms with Crippen molar-refractivity contribution in [2.45, 2.75) is 12.6 Å². The molecule has 0 bridgehead atoms.